The number of hydrogen-bond donors (Lipinski definition) is 2. The molecule has 23 heavy (non-hydrogen) atoms. The first-order valence-corrected chi connectivity index (χ1v) is 9.49. The molecule has 1 aliphatic carbocycles. The fourth-order valence-corrected chi connectivity index (χ4v) is 2.93. The predicted molar refractivity (Wildman–Crippen MR) is 85.3 cm³/mol. The number of sulfonamides is 1. The molecule has 0 saturated heterocycles. The molecule has 0 bridgehead atoms. The Kier molecular flexibility index (Phi) is 5.71. The highest BCUT2D eigenvalue weighted by Gasteiger charge is 2.22. The Morgan fingerprint density at radius 3 is 2.70 bits per heavy atom. The van der Waals surface area contributed by atoms with Crippen molar-refractivity contribution in [3.63, 3.8) is 0 Å². The van der Waals surface area contributed by atoms with Gasteiger partial charge in [-0.05, 0) is 25.7 Å². The van der Waals surface area contributed by atoms with Crippen LogP contribution >= 0.6 is 0 Å². The lowest BCUT2D eigenvalue weighted by Crippen LogP contribution is -2.35. The van der Waals surface area contributed by atoms with Gasteiger partial charge in [-0.1, -0.05) is 5.21 Å². The Bertz CT molecular complexity index is 636. The van der Waals surface area contributed by atoms with Crippen LogP contribution in [0.15, 0.2) is 6.20 Å². The van der Waals surface area contributed by atoms with Crippen LogP contribution < -0.4 is 11.1 Å². The maximum atomic E-state index is 12.0. The van der Waals surface area contributed by atoms with Gasteiger partial charge in [0.2, 0.25) is 10.0 Å². The number of aromatic nitrogens is 3. The number of carbonyl (C=O) groups excluding carboxylic acids is 1. The van der Waals surface area contributed by atoms with Crippen LogP contribution in [-0.2, 0) is 10.0 Å². The summed E-state index contributed by atoms with van der Waals surface area (Å²) in [4.78, 5) is 12.0. The van der Waals surface area contributed by atoms with Gasteiger partial charge < -0.3 is 11.1 Å². The van der Waals surface area contributed by atoms with E-state index in [1.165, 1.54) is 11.4 Å². The quantitative estimate of drug-likeness (QED) is 0.706. The first kappa shape index (κ1) is 17.8. The van der Waals surface area contributed by atoms with Crippen molar-refractivity contribution >= 4 is 15.9 Å². The summed E-state index contributed by atoms with van der Waals surface area (Å²) >= 11 is 0. The zero-order valence-corrected chi connectivity index (χ0v) is 14.3. The molecule has 130 valence electrons. The number of amides is 1. The Labute approximate surface area is 136 Å². The smallest absolute Gasteiger partial charge is 0.273 e. The van der Waals surface area contributed by atoms with Crippen molar-refractivity contribution in [2.24, 2.45) is 5.73 Å². The van der Waals surface area contributed by atoms with Crippen molar-refractivity contribution in [1.82, 2.24) is 24.6 Å². The van der Waals surface area contributed by atoms with E-state index in [2.05, 4.69) is 15.6 Å². The molecule has 1 aliphatic rings. The van der Waals surface area contributed by atoms with Crippen LogP contribution in [0.5, 0.6) is 0 Å². The minimum atomic E-state index is -3.24. The van der Waals surface area contributed by atoms with Gasteiger partial charge in [0.1, 0.15) is 0 Å². The molecule has 3 N–H and O–H groups in total. The third-order valence-corrected chi connectivity index (χ3v) is 5.45. The molecule has 0 atom stereocenters. The lowest BCUT2D eigenvalue weighted by molar-refractivity contribution is 0.0947. The maximum Gasteiger partial charge on any atom is 0.273 e. The van der Waals surface area contributed by atoms with Gasteiger partial charge in [-0.2, -0.15) is 0 Å². The predicted octanol–water partition coefficient (Wildman–Crippen LogP) is -0.658. The van der Waals surface area contributed by atoms with E-state index in [1.807, 2.05) is 0 Å². The van der Waals surface area contributed by atoms with Gasteiger partial charge in [0.05, 0.1) is 18.5 Å². The van der Waals surface area contributed by atoms with E-state index in [9.17, 15) is 13.2 Å². The summed E-state index contributed by atoms with van der Waals surface area (Å²) in [6, 6.07) is 0.490. The first-order chi connectivity index (χ1) is 10.8. The van der Waals surface area contributed by atoms with Gasteiger partial charge in [-0.3, -0.25) is 4.79 Å². The van der Waals surface area contributed by atoms with E-state index in [0.717, 1.165) is 31.9 Å². The second-order valence-electron chi connectivity index (χ2n) is 5.99. The number of hydrogen-bond acceptors (Lipinski definition) is 6. The van der Waals surface area contributed by atoms with Crippen molar-refractivity contribution in [2.45, 2.75) is 37.8 Å². The first-order valence-electron chi connectivity index (χ1n) is 7.64. The molecule has 1 amide bonds. The topological polar surface area (TPSA) is 123 Å². The average molecular weight is 344 g/mol. The fourth-order valence-electron chi connectivity index (χ4n) is 2.51. The summed E-state index contributed by atoms with van der Waals surface area (Å²) in [5.41, 5.74) is 6.12. The summed E-state index contributed by atoms with van der Waals surface area (Å²) in [5, 5.41) is 10.6. The second-order valence-corrected chi connectivity index (χ2v) is 8.08. The third-order valence-electron chi connectivity index (χ3n) is 4.14. The number of nitrogens with zero attached hydrogens (tertiary/aromatic N) is 4. The van der Waals surface area contributed by atoms with Gasteiger partial charge in [0.15, 0.2) is 5.69 Å². The van der Waals surface area contributed by atoms with E-state index in [0.29, 0.717) is 0 Å². The highest BCUT2D eigenvalue weighted by molar-refractivity contribution is 7.88. The Hall–Kier alpha value is -1.52. The van der Waals surface area contributed by atoms with Crippen molar-refractivity contribution in [2.75, 3.05) is 26.4 Å². The molecule has 1 heterocycles. The third kappa shape index (κ3) is 4.98. The van der Waals surface area contributed by atoms with E-state index < -0.39 is 10.0 Å². The number of nitrogens with one attached hydrogen (secondary N) is 1. The highest BCUT2D eigenvalue weighted by Crippen LogP contribution is 2.26. The molecule has 0 aliphatic heterocycles. The van der Waals surface area contributed by atoms with Crippen LogP contribution in [0.1, 0.15) is 42.2 Å². The lowest BCUT2D eigenvalue weighted by Gasteiger charge is -2.25. The lowest BCUT2D eigenvalue weighted by atomic mass is 9.92. The van der Waals surface area contributed by atoms with Crippen molar-refractivity contribution < 1.29 is 13.2 Å². The summed E-state index contributed by atoms with van der Waals surface area (Å²) in [6.45, 7) is 0.423. The molecule has 1 aromatic rings. The monoisotopic (exact) mass is 344 g/mol. The van der Waals surface area contributed by atoms with E-state index in [-0.39, 0.29) is 36.8 Å². The minimum absolute atomic E-state index is 0.208. The summed E-state index contributed by atoms with van der Waals surface area (Å²) in [6.07, 6.45) is 6.52. The molecule has 0 spiro atoms. The molecule has 0 radical (unpaired) electrons. The van der Waals surface area contributed by atoms with Crippen LogP contribution in [0.3, 0.4) is 0 Å². The standard InChI is InChI=1S/C13H24N6O3S/c1-18(23(2,21)22)8-7-15-13(20)12-9-19(17-16-12)11-5-3-10(14)4-6-11/h9-11H,3-8,14H2,1-2H3,(H,15,20). The van der Waals surface area contributed by atoms with E-state index in [4.69, 9.17) is 5.73 Å². The fraction of sp³-hybridized carbons (Fsp3) is 0.769. The van der Waals surface area contributed by atoms with Gasteiger partial charge in [-0.25, -0.2) is 17.4 Å². The molecule has 10 heteroatoms. The molecular formula is C13H24N6O3S. The van der Waals surface area contributed by atoms with Crippen molar-refractivity contribution in [3.8, 4) is 0 Å². The van der Waals surface area contributed by atoms with Gasteiger partial charge in [0, 0.05) is 26.2 Å². The van der Waals surface area contributed by atoms with Crippen LogP contribution in [0, 0.1) is 0 Å². The zero-order valence-electron chi connectivity index (χ0n) is 13.5. The number of carbonyl (C=O) groups is 1. The highest BCUT2D eigenvalue weighted by atomic mass is 32.2. The molecule has 1 aromatic heterocycles. The summed E-state index contributed by atoms with van der Waals surface area (Å²) in [7, 11) is -1.78. The van der Waals surface area contributed by atoms with Gasteiger partial charge in [0.25, 0.3) is 5.91 Å². The average Bonchev–Trinajstić information content (AvgIpc) is 2.96. The molecule has 2 rings (SSSR count). The molecule has 0 aromatic carbocycles. The van der Waals surface area contributed by atoms with E-state index >= 15 is 0 Å². The molecule has 0 unspecified atom stereocenters. The van der Waals surface area contributed by atoms with E-state index in [1.54, 1.807) is 10.9 Å². The molecule has 1 saturated carbocycles. The maximum absolute atomic E-state index is 12.0. The largest absolute Gasteiger partial charge is 0.349 e. The SMILES string of the molecule is CN(CCNC(=O)c1cn(C2CCC(N)CC2)nn1)S(C)(=O)=O. The summed E-state index contributed by atoms with van der Waals surface area (Å²) in [5.74, 6) is -0.356. The normalized spacial score (nSPS) is 22.3. The summed E-state index contributed by atoms with van der Waals surface area (Å²) < 4.78 is 25.4. The van der Waals surface area contributed by atoms with Crippen molar-refractivity contribution in [3.05, 3.63) is 11.9 Å². The van der Waals surface area contributed by atoms with Crippen LogP contribution in [0.25, 0.3) is 0 Å². The van der Waals surface area contributed by atoms with Crippen LogP contribution in [-0.4, -0.2) is 66.1 Å². The number of likely N-dealkylation sites (N-methyl/N-ethyl adjacent to an activating group) is 1. The molecular weight excluding hydrogens is 320 g/mol. The molecule has 9 nitrogen and oxygen atoms in total. The van der Waals surface area contributed by atoms with Crippen LogP contribution in [0.2, 0.25) is 0 Å². The Morgan fingerprint density at radius 2 is 2.09 bits per heavy atom. The Balaban J connectivity index is 1.84. The van der Waals surface area contributed by atoms with Crippen molar-refractivity contribution in [1.29, 1.82) is 0 Å². The number of rotatable bonds is 6. The molecule has 1 fully saturated rings. The second kappa shape index (κ2) is 7.37. The number of nitrogens with two attached hydrogens (primary N) is 1. The minimum Gasteiger partial charge on any atom is -0.349 e. The Morgan fingerprint density at radius 1 is 1.43 bits per heavy atom. The van der Waals surface area contributed by atoms with Crippen LogP contribution in [0.4, 0.5) is 0 Å². The van der Waals surface area contributed by atoms with Gasteiger partial charge >= 0.3 is 0 Å². The zero-order chi connectivity index (χ0) is 17.0. The van der Waals surface area contributed by atoms with Gasteiger partial charge in [-0.15, -0.1) is 5.10 Å².